The maximum Gasteiger partial charge on any atom is 0.348 e. The smallest absolute Gasteiger partial charge is 0.348 e. The van der Waals surface area contributed by atoms with Crippen molar-refractivity contribution in [3.8, 4) is 0 Å². The fraction of sp³-hybridized carbons (Fsp3) is 0.474. The van der Waals surface area contributed by atoms with Crippen LogP contribution in [0.2, 0.25) is 0 Å². The van der Waals surface area contributed by atoms with Crippen LogP contribution in [-0.4, -0.2) is 40.8 Å². The summed E-state index contributed by atoms with van der Waals surface area (Å²) in [4.78, 5) is 37.2. The van der Waals surface area contributed by atoms with Crippen molar-refractivity contribution in [3.05, 3.63) is 33.5 Å². The summed E-state index contributed by atoms with van der Waals surface area (Å²) >= 11 is 0.750. The van der Waals surface area contributed by atoms with E-state index in [1.165, 1.54) is 6.92 Å². The molecule has 0 aliphatic rings. The predicted octanol–water partition coefficient (Wildman–Crippen LogP) is 4.51. The molecule has 1 N–H and O–H groups in total. The number of carbonyl (C=O) groups is 3. The van der Waals surface area contributed by atoms with Gasteiger partial charge in [-0.3, -0.25) is 9.48 Å². The summed E-state index contributed by atoms with van der Waals surface area (Å²) in [6.45, 7) is 4.20. The molecule has 2 aromatic heterocycles. The molecule has 0 radical (unpaired) electrons. The average Bonchev–Trinajstić information content (AvgIpc) is 3.27. The number of ether oxygens (including phenoxy) is 2. The SMILES string of the molecule is CCCOC(=O)c1c(NC(=O)Cn2nc(C(F)F)cc2C(F)F)sc(C(=O)OCC)c1C. The van der Waals surface area contributed by atoms with Gasteiger partial charge < -0.3 is 14.8 Å². The van der Waals surface area contributed by atoms with E-state index in [2.05, 4.69) is 10.4 Å². The standard InChI is InChI=1S/C19H21F4N3O5S/c1-4-6-31-18(28)13-9(3)14(19(29)30-5-2)32-17(13)24-12(27)8-26-11(16(22)23)7-10(25-26)15(20)21/h7,15-16H,4-6,8H2,1-3H3,(H,24,27). The maximum atomic E-state index is 13.1. The lowest BCUT2D eigenvalue weighted by atomic mass is 10.1. The Balaban J connectivity index is 2.34. The van der Waals surface area contributed by atoms with Gasteiger partial charge in [0.25, 0.3) is 12.9 Å². The quantitative estimate of drug-likeness (QED) is 0.398. The molecular formula is C19H21F4N3O5S. The average molecular weight is 479 g/mol. The lowest BCUT2D eigenvalue weighted by molar-refractivity contribution is -0.117. The number of nitrogens with one attached hydrogen (secondary N) is 1. The number of hydrogen-bond acceptors (Lipinski definition) is 7. The topological polar surface area (TPSA) is 99.5 Å². The van der Waals surface area contributed by atoms with Crippen LogP contribution < -0.4 is 5.32 Å². The number of carbonyl (C=O) groups excluding carboxylic acids is 3. The summed E-state index contributed by atoms with van der Waals surface area (Å²) in [6.07, 6.45) is -5.70. The van der Waals surface area contributed by atoms with E-state index < -0.39 is 48.6 Å². The van der Waals surface area contributed by atoms with Crippen molar-refractivity contribution in [1.82, 2.24) is 9.78 Å². The minimum Gasteiger partial charge on any atom is -0.462 e. The third kappa shape index (κ3) is 5.84. The molecule has 0 fully saturated rings. The minimum atomic E-state index is -3.14. The summed E-state index contributed by atoms with van der Waals surface area (Å²) < 4.78 is 62.4. The Bertz CT molecular complexity index is 990. The number of thiophene rings is 1. The molecule has 2 heterocycles. The Morgan fingerprint density at radius 2 is 1.81 bits per heavy atom. The zero-order valence-electron chi connectivity index (χ0n) is 17.4. The second-order valence-corrected chi connectivity index (χ2v) is 7.44. The zero-order chi connectivity index (χ0) is 24.0. The van der Waals surface area contributed by atoms with Crippen LogP contribution in [0.5, 0.6) is 0 Å². The van der Waals surface area contributed by atoms with Gasteiger partial charge in [0.2, 0.25) is 5.91 Å². The number of nitrogens with zero attached hydrogens (tertiary/aromatic N) is 2. The maximum absolute atomic E-state index is 13.1. The number of anilines is 1. The van der Waals surface area contributed by atoms with Crippen LogP contribution in [0.4, 0.5) is 22.6 Å². The Morgan fingerprint density at radius 1 is 1.12 bits per heavy atom. The van der Waals surface area contributed by atoms with Gasteiger partial charge in [0.05, 0.1) is 18.8 Å². The number of aromatic nitrogens is 2. The van der Waals surface area contributed by atoms with Crippen molar-refractivity contribution in [2.24, 2.45) is 0 Å². The van der Waals surface area contributed by atoms with Crippen molar-refractivity contribution in [1.29, 1.82) is 0 Å². The van der Waals surface area contributed by atoms with Crippen LogP contribution in [0.15, 0.2) is 6.07 Å². The first-order valence-electron chi connectivity index (χ1n) is 9.51. The molecule has 13 heteroatoms. The van der Waals surface area contributed by atoms with E-state index in [4.69, 9.17) is 9.47 Å². The van der Waals surface area contributed by atoms with Gasteiger partial charge in [-0.25, -0.2) is 27.2 Å². The number of hydrogen-bond donors (Lipinski definition) is 1. The van der Waals surface area contributed by atoms with Crippen molar-refractivity contribution in [2.75, 3.05) is 18.5 Å². The van der Waals surface area contributed by atoms with E-state index in [0.29, 0.717) is 17.2 Å². The predicted molar refractivity (Wildman–Crippen MR) is 106 cm³/mol. The summed E-state index contributed by atoms with van der Waals surface area (Å²) in [6, 6.07) is 0.518. The Labute approximate surface area is 184 Å². The van der Waals surface area contributed by atoms with Crippen LogP contribution in [0.3, 0.4) is 0 Å². The molecule has 0 saturated carbocycles. The molecule has 0 atom stereocenters. The van der Waals surface area contributed by atoms with E-state index >= 15 is 0 Å². The molecule has 0 unspecified atom stereocenters. The van der Waals surface area contributed by atoms with Gasteiger partial charge in [-0.15, -0.1) is 11.3 Å². The number of rotatable bonds is 10. The van der Waals surface area contributed by atoms with Gasteiger partial charge in [-0.1, -0.05) is 6.92 Å². The summed E-state index contributed by atoms with van der Waals surface area (Å²) in [7, 11) is 0. The second-order valence-electron chi connectivity index (χ2n) is 6.42. The number of esters is 2. The number of alkyl halides is 4. The lowest BCUT2D eigenvalue weighted by Gasteiger charge is -2.09. The fourth-order valence-electron chi connectivity index (χ4n) is 2.67. The van der Waals surface area contributed by atoms with Gasteiger partial charge >= 0.3 is 11.9 Å². The van der Waals surface area contributed by atoms with Crippen LogP contribution in [0, 0.1) is 6.92 Å². The molecule has 0 bridgehead atoms. The highest BCUT2D eigenvalue weighted by molar-refractivity contribution is 7.18. The van der Waals surface area contributed by atoms with Gasteiger partial charge in [-0.05, 0) is 31.9 Å². The van der Waals surface area contributed by atoms with E-state index in [-0.39, 0.29) is 34.2 Å². The highest BCUT2D eigenvalue weighted by Crippen LogP contribution is 2.34. The van der Waals surface area contributed by atoms with Gasteiger partial charge in [0.15, 0.2) is 0 Å². The van der Waals surface area contributed by atoms with Crippen LogP contribution in [-0.2, 0) is 20.8 Å². The molecule has 0 aromatic carbocycles. The van der Waals surface area contributed by atoms with Gasteiger partial charge in [-0.2, -0.15) is 5.10 Å². The fourth-order valence-corrected chi connectivity index (χ4v) is 3.77. The van der Waals surface area contributed by atoms with Crippen molar-refractivity contribution in [2.45, 2.75) is 46.6 Å². The minimum absolute atomic E-state index is 0.0537. The Hall–Kier alpha value is -2.96. The number of amides is 1. The number of halogens is 4. The molecule has 0 aliphatic heterocycles. The van der Waals surface area contributed by atoms with Crippen LogP contribution in [0.1, 0.15) is 70.1 Å². The van der Waals surface area contributed by atoms with E-state index in [0.717, 1.165) is 11.3 Å². The summed E-state index contributed by atoms with van der Waals surface area (Å²) in [5, 5.41) is 5.65. The highest BCUT2D eigenvalue weighted by atomic mass is 32.1. The van der Waals surface area contributed by atoms with E-state index in [1.54, 1.807) is 13.8 Å². The molecule has 0 spiro atoms. The molecule has 2 aromatic rings. The van der Waals surface area contributed by atoms with Crippen LogP contribution in [0.25, 0.3) is 0 Å². The highest BCUT2D eigenvalue weighted by Gasteiger charge is 2.28. The molecule has 1 amide bonds. The Morgan fingerprint density at radius 3 is 2.38 bits per heavy atom. The first-order chi connectivity index (χ1) is 15.1. The lowest BCUT2D eigenvalue weighted by Crippen LogP contribution is -2.22. The molecule has 176 valence electrons. The first kappa shape index (κ1) is 25.3. The van der Waals surface area contributed by atoms with Crippen molar-refractivity contribution >= 4 is 34.2 Å². The monoisotopic (exact) mass is 479 g/mol. The summed E-state index contributed by atoms with van der Waals surface area (Å²) in [5.74, 6) is -2.43. The van der Waals surface area contributed by atoms with E-state index in [1.807, 2.05) is 0 Å². The van der Waals surface area contributed by atoms with Gasteiger partial charge in [0.1, 0.15) is 27.8 Å². The third-order valence-electron chi connectivity index (χ3n) is 4.07. The van der Waals surface area contributed by atoms with Crippen molar-refractivity contribution < 1.29 is 41.4 Å². The molecule has 0 saturated heterocycles. The third-order valence-corrected chi connectivity index (χ3v) is 5.26. The zero-order valence-corrected chi connectivity index (χ0v) is 18.2. The largest absolute Gasteiger partial charge is 0.462 e. The van der Waals surface area contributed by atoms with Crippen LogP contribution >= 0.6 is 11.3 Å². The Kier molecular flexibility index (Phi) is 8.75. The van der Waals surface area contributed by atoms with Crippen molar-refractivity contribution in [3.63, 3.8) is 0 Å². The van der Waals surface area contributed by atoms with E-state index in [9.17, 15) is 31.9 Å². The molecule has 0 aliphatic carbocycles. The molecule has 2 rings (SSSR count). The second kappa shape index (κ2) is 11.1. The molecular weight excluding hydrogens is 458 g/mol. The molecule has 32 heavy (non-hydrogen) atoms. The summed E-state index contributed by atoms with van der Waals surface area (Å²) in [5.41, 5.74) is -1.61. The molecule has 8 nitrogen and oxygen atoms in total. The normalized spacial score (nSPS) is 11.2. The van der Waals surface area contributed by atoms with Gasteiger partial charge in [0, 0.05) is 0 Å². The first-order valence-corrected chi connectivity index (χ1v) is 10.3.